The van der Waals surface area contributed by atoms with Crippen molar-refractivity contribution in [2.24, 2.45) is 7.05 Å². The average Bonchev–Trinajstić information content (AvgIpc) is 3.29. The maximum atomic E-state index is 12.4. The van der Waals surface area contributed by atoms with Gasteiger partial charge in [-0.3, -0.25) is 14.3 Å². The lowest BCUT2D eigenvalue weighted by Gasteiger charge is -2.07. The molecule has 0 spiro atoms. The van der Waals surface area contributed by atoms with Crippen LogP contribution in [0.5, 0.6) is 0 Å². The number of amides is 2. The minimum absolute atomic E-state index is 0.233. The molecule has 0 aliphatic carbocycles. The monoisotopic (exact) mass is 384 g/mol. The Morgan fingerprint density at radius 3 is 2.81 bits per heavy atom. The summed E-state index contributed by atoms with van der Waals surface area (Å²) in [4.78, 5) is 24.6. The number of carbonyl (C=O) groups is 2. The molecule has 3 aromatic rings. The second-order valence-corrected chi connectivity index (χ2v) is 6.04. The van der Waals surface area contributed by atoms with Crippen molar-refractivity contribution in [2.45, 2.75) is 6.54 Å². The van der Waals surface area contributed by atoms with Crippen LogP contribution < -0.4 is 10.6 Å². The van der Waals surface area contributed by atoms with Gasteiger partial charge in [0.1, 0.15) is 11.5 Å². The summed E-state index contributed by atoms with van der Waals surface area (Å²) in [6, 6.07) is 10.7. The number of aromatic nitrogens is 2. The van der Waals surface area contributed by atoms with E-state index in [0.717, 1.165) is 5.56 Å². The molecule has 0 aliphatic rings. The number of hydrogen-bond donors (Lipinski definition) is 2. The van der Waals surface area contributed by atoms with Gasteiger partial charge in [0.15, 0.2) is 0 Å². The highest BCUT2D eigenvalue weighted by molar-refractivity contribution is 6.32. The van der Waals surface area contributed by atoms with E-state index in [2.05, 4.69) is 15.7 Å². The molecule has 138 valence electrons. The van der Waals surface area contributed by atoms with Crippen LogP contribution in [0.4, 0.5) is 5.69 Å². The molecule has 0 saturated carbocycles. The molecule has 0 atom stereocenters. The Bertz CT molecular complexity index is 977. The van der Waals surface area contributed by atoms with E-state index < -0.39 is 5.91 Å². The highest BCUT2D eigenvalue weighted by atomic mass is 35.5. The number of furan rings is 1. The van der Waals surface area contributed by atoms with Crippen molar-refractivity contribution in [3.05, 3.63) is 77.0 Å². The van der Waals surface area contributed by atoms with Crippen LogP contribution in [0.1, 0.15) is 21.8 Å². The lowest BCUT2D eigenvalue weighted by molar-refractivity contribution is -0.111. The van der Waals surface area contributed by atoms with E-state index in [1.165, 1.54) is 23.2 Å². The van der Waals surface area contributed by atoms with Crippen LogP contribution in [0.15, 0.2) is 59.4 Å². The summed E-state index contributed by atoms with van der Waals surface area (Å²) in [5.41, 5.74) is 1.27. The van der Waals surface area contributed by atoms with Crippen LogP contribution in [0.25, 0.3) is 6.08 Å². The number of aryl methyl sites for hydroxylation is 1. The van der Waals surface area contributed by atoms with Crippen molar-refractivity contribution in [3.8, 4) is 0 Å². The maximum absolute atomic E-state index is 12.4. The zero-order chi connectivity index (χ0) is 19.2. The topological polar surface area (TPSA) is 89.2 Å². The maximum Gasteiger partial charge on any atom is 0.272 e. The minimum Gasteiger partial charge on any atom is -0.467 e. The summed E-state index contributed by atoms with van der Waals surface area (Å²) in [5.74, 6) is -0.154. The first kappa shape index (κ1) is 18.5. The Balaban J connectivity index is 1.67. The molecule has 0 unspecified atom stereocenters. The summed E-state index contributed by atoms with van der Waals surface area (Å²) in [6.07, 6.45) is 5.90. The molecule has 0 fully saturated rings. The first-order valence-corrected chi connectivity index (χ1v) is 8.48. The quantitative estimate of drug-likeness (QED) is 0.638. The van der Waals surface area contributed by atoms with Crippen LogP contribution in [0, 0.1) is 0 Å². The lowest BCUT2D eigenvalue weighted by atomic mass is 10.2. The number of rotatable bonds is 6. The number of halogens is 1. The van der Waals surface area contributed by atoms with Gasteiger partial charge in [0.25, 0.3) is 5.91 Å². The van der Waals surface area contributed by atoms with Crippen molar-refractivity contribution in [2.75, 3.05) is 5.32 Å². The van der Waals surface area contributed by atoms with E-state index in [1.807, 2.05) is 12.1 Å². The number of anilines is 1. The van der Waals surface area contributed by atoms with Gasteiger partial charge in [0.2, 0.25) is 5.91 Å². The van der Waals surface area contributed by atoms with Gasteiger partial charge in [-0.25, -0.2) is 0 Å². The van der Waals surface area contributed by atoms with Crippen LogP contribution >= 0.6 is 11.6 Å². The fourth-order valence-electron chi connectivity index (χ4n) is 2.41. The summed E-state index contributed by atoms with van der Waals surface area (Å²) in [6.45, 7) is 0.233. The Labute approximate surface area is 160 Å². The molecule has 7 nitrogen and oxygen atoms in total. The molecular weight excluding hydrogens is 368 g/mol. The lowest BCUT2D eigenvalue weighted by Crippen LogP contribution is -2.26. The van der Waals surface area contributed by atoms with Crippen molar-refractivity contribution < 1.29 is 14.0 Å². The van der Waals surface area contributed by atoms with E-state index in [9.17, 15) is 9.59 Å². The molecule has 3 rings (SSSR count). The minimum atomic E-state index is -0.400. The SMILES string of the molecule is Cn1ncc(NC(=O)/C=C/c2ccccc2Cl)c1C(=O)NCc1ccco1. The van der Waals surface area contributed by atoms with Gasteiger partial charge < -0.3 is 15.1 Å². The zero-order valence-electron chi connectivity index (χ0n) is 14.5. The smallest absolute Gasteiger partial charge is 0.272 e. The standard InChI is InChI=1S/C19H17ClN4O3/c1-24-18(19(26)21-11-14-6-4-10-27-14)16(12-22-24)23-17(25)9-8-13-5-2-3-7-15(13)20/h2-10,12H,11H2,1H3,(H,21,26)(H,23,25)/b9-8+. The second-order valence-electron chi connectivity index (χ2n) is 5.64. The number of benzene rings is 1. The van der Waals surface area contributed by atoms with Gasteiger partial charge in [-0.15, -0.1) is 0 Å². The molecule has 27 heavy (non-hydrogen) atoms. The third-order valence-corrected chi connectivity index (χ3v) is 4.08. The molecule has 0 saturated heterocycles. The van der Waals surface area contributed by atoms with Crippen molar-refractivity contribution in [1.29, 1.82) is 0 Å². The average molecular weight is 385 g/mol. The van der Waals surface area contributed by atoms with E-state index >= 15 is 0 Å². The first-order chi connectivity index (χ1) is 13.0. The van der Waals surface area contributed by atoms with Gasteiger partial charge >= 0.3 is 0 Å². The van der Waals surface area contributed by atoms with Crippen LogP contribution in [0.2, 0.25) is 5.02 Å². The van der Waals surface area contributed by atoms with Crippen LogP contribution in [0.3, 0.4) is 0 Å². The third kappa shape index (κ3) is 4.65. The van der Waals surface area contributed by atoms with Crippen molar-refractivity contribution in [1.82, 2.24) is 15.1 Å². The highest BCUT2D eigenvalue weighted by Gasteiger charge is 2.18. The molecule has 8 heteroatoms. The molecule has 2 heterocycles. The second kappa shape index (κ2) is 8.37. The molecule has 0 bridgehead atoms. The summed E-state index contributed by atoms with van der Waals surface area (Å²) in [7, 11) is 1.62. The summed E-state index contributed by atoms with van der Waals surface area (Å²) < 4.78 is 6.58. The predicted octanol–water partition coefficient (Wildman–Crippen LogP) is 3.25. The normalized spacial score (nSPS) is 10.9. The van der Waals surface area contributed by atoms with E-state index in [0.29, 0.717) is 16.5 Å². The number of carbonyl (C=O) groups excluding carboxylic acids is 2. The third-order valence-electron chi connectivity index (χ3n) is 3.73. The van der Waals surface area contributed by atoms with Crippen molar-refractivity contribution >= 4 is 35.2 Å². The van der Waals surface area contributed by atoms with Gasteiger partial charge in [-0.05, 0) is 29.8 Å². The number of nitrogens with zero attached hydrogens (tertiary/aromatic N) is 2. The molecule has 2 amide bonds. The molecule has 0 aliphatic heterocycles. The molecule has 2 N–H and O–H groups in total. The van der Waals surface area contributed by atoms with Crippen LogP contribution in [-0.2, 0) is 18.4 Å². The predicted molar refractivity (Wildman–Crippen MR) is 102 cm³/mol. The van der Waals surface area contributed by atoms with Crippen molar-refractivity contribution in [3.63, 3.8) is 0 Å². The molecule has 2 aromatic heterocycles. The Morgan fingerprint density at radius 1 is 1.26 bits per heavy atom. The Hall–Kier alpha value is -3.32. The van der Waals surface area contributed by atoms with Gasteiger partial charge in [-0.2, -0.15) is 5.10 Å². The zero-order valence-corrected chi connectivity index (χ0v) is 15.2. The Kier molecular flexibility index (Phi) is 5.73. The largest absolute Gasteiger partial charge is 0.467 e. The van der Waals surface area contributed by atoms with E-state index in [4.69, 9.17) is 16.0 Å². The van der Waals surface area contributed by atoms with Gasteiger partial charge in [0, 0.05) is 18.1 Å². The molecule has 0 radical (unpaired) electrons. The summed E-state index contributed by atoms with van der Waals surface area (Å²) in [5, 5.41) is 9.97. The first-order valence-electron chi connectivity index (χ1n) is 8.11. The molecular formula is C19H17ClN4O3. The Morgan fingerprint density at radius 2 is 2.07 bits per heavy atom. The fraction of sp³-hybridized carbons (Fsp3) is 0.105. The summed E-state index contributed by atoms with van der Waals surface area (Å²) >= 11 is 6.06. The van der Waals surface area contributed by atoms with E-state index in [-0.39, 0.29) is 18.1 Å². The number of hydrogen-bond acceptors (Lipinski definition) is 4. The highest BCUT2D eigenvalue weighted by Crippen LogP contribution is 2.17. The van der Waals surface area contributed by atoms with Crippen LogP contribution in [-0.4, -0.2) is 21.6 Å². The van der Waals surface area contributed by atoms with Gasteiger partial charge in [0.05, 0.1) is 24.7 Å². The molecule has 1 aromatic carbocycles. The number of nitrogens with one attached hydrogen (secondary N) is 2. The van der Waals surface area contributed by atoms with Gasteiger partial charge in [-0.1, -0.05) is 29.8 Å². The van der Waals surface area contributed by atoms with E-state index in [1.54, 1.807) is 37.4 Å². The fourth-order valence-corrected chi connectivity index (χ4v) is 2.61.